The number of nitrogens with zero attached hydrogens (tertiary/aromatic N) is 1. The Morgan fingerprint density at radius 3 is 2.94 bits per heavy atom. The molecule has 17 heavy (non-hydrogen) atoms. The van der Waals surface area contributed by atoms with Gasteiger partial charge in [-0.2, -0.15) is 0 Å². The van der Waals surface area contributed by atoms with E-state index in [0.717, 1.165) is 29.7 Å². The lowest BCUT2D eigenvalue weighted by molar-refractivity contribution is 0.321. The van der Waals surface area contributed by atoms with Crippen LogP contribution in [0.2, 0.25) is 0 Å². The minimum absolute atomic E-state index is 0. The Morgan fingerprint density at radius 1 is 1.53 bits per heavy atom. The van der Waals surface area contributed by atoms with Gasteiger partial charge in [0.25, 0.3) is 0 Å². The molecule has 5 heteroatoms. The van der Waals surface area contributed by atoms with Crippen molar-refractivity contribution < 1.29 is 4.39 Å². The van der Waals surface area contributed by atoms with Crippen molar-refractivity contribution in [3.63, 3.8) is 0 Å². The number of hydrogen-bond donors (Lipinski definition) is 1. The highest BCUT2D eigenvalue weighted by Gasteiger charge is 2.21. The first kappa shape index (κ1) is 14.9. The Balaban J connectivity index is 0.00000144. The second-order valence-corrected chi connectivity index (χ2v) is 5.10. The summed E-state index contributed by atoms with van der Waals surface area (Å²) in [6, 6.07) is 5.44. The van der Waals surface area contributed by atoms with E-state index in [-0.39, 0.29) is 18.2 Å². The highest BCUT2D eigenvalue weighted by molar-refractivity contribution is 9.10. The topological polar surface area (TPSA) is 15.3 Å². The van der Waals surface area contributed by atoms with Crippen LogP contribution >= 0.6 is 28.3 Å². The van der Waals surface area contributed by atoms with Gasteiger partial charge < -0.3 is 5.32 Å². The van der Waals surface area contributed by atoms with E-state index < -0.39 is 0 Å². The molecule has 0 spiro atoms. The number of hydrogen-bond acceptors (Lipinski definition) is 2. The third-order valence-electron chi connectivity index (χ3n) is 3.08. The average Bonchev–Trinajstić information content (AvgIpc) is 2.71. The zero-order chi connectivity index (χ0) is 11.5. The maximum absolute atomic E-state index is 13.1. The first-order chi connectivity index (χ1) is 7.69. The molecule has 2 nitrogen and oxygen atoms in total. The molecule has 0 aromatic heterocycles. The normalized spacial score (nSPS) is 20.3. The van der Waals surface area contributed by atoms with Crippen LogP contribution in [0.4, 0.5) is 4.39 Å². The van der Waals surface area contributed by atoms with Gasteiger partial charge in [-0.1, -0.05) is 15.9 Å². The van der Waals surface area contributed by atoms with E-state index in [0.29, 0.717) is 6.04 Å². The van der Waals surface area contributed by atoms with Crippen molar-refractivity contribution in [2.24, 2.45) is 0 Å². The van der Waals surface area contributed by atoms with Crippen LogP contribution in [0.15, 0.2) is 22.7 Å². The lowest BCUT2D eigenvalue weighted by atomic mass is 10.2. The SMILES string of the molecule is CNC1CCN(Cc2cc(F)ccc2Br)C1.Cl. The van der Waals surface area contributed by atoms with Gasteiger partial charge in [0.05, 0.1) is 0 Å². The standard InChI is InChI=1S/C12H16BrFN2.ClH/c1-15-11-4-5-16(8-11)7-9-6-10(14)2-3-12(9)13;/h2-3,6,11,15H,4-5,7-8H2,1H3;1H. The fraction of sp³-hybridized carbons (Fsp3) is 0.500. The molecule has 1 saturated heterocycles. The second-order valence-electron chi connectivity index (χ2n) is 4.25. The molecule has 0 saturated carbocycles. The molecule has 1 aromatic rings. The number of likely N-dealkylation sites (N-methyl/N-ethyl adjacent to an activating group) is 1. The molecule has 0 amide bonds. The Kier molecular flexibility index (Phi) is 5.86. The van der Waals surface area contributed by atoms with Gasteiger partial charge in [0, 0.05) is 30.1 Å². The monoisotopic (exact) mass is 322 g/mol. The summed E-state index contributed by atoms with van der Waals surface area (Å²) in [4.78, 5) is 2.35. The summed E-state index contributed by atoms with van der Waals surface area (Å²) in [7, 11) is 1.99. The van der Waals surface area contributed by atoms with Crippen LogP contribution in [-0.2, 0) is 6.54 Å². The maximum atomic E-state index is 13.1. The minimum atomic E-state index is -0.164. The number of halogens is 3. The molecule has 2 rings (SSSR count). The van der Waals surface area contributed by atoms with Crippen molar-refractivity contribution in [2.75, 3.05) is 20.1 Å². The first-order valence-electron chi connectivity index (χ1n) is 5.52. The summed E-state index contributed by atoms with van der Waals surface area (Å²) in [6.45, 7) is 2.93. The van der Waals surface area contributed by atoms with Crippen molar-refractivity contribution >= 4 is 28.3 Å². The Morgan fingerprint density at radius 2 is 2.29 bits per heavy atom. The van der Waals surface area contributed by atoms with Crippen molar-refractivity contribution in [2.45, 2.75) is 19.0 Å². The molecular formula is C12H17BrClFN2. The molecule has 1 aromatic carbocycles. The molecule has 1 aliphatic rings. The molecule has 1 heterocycles. The molecule has 1 aliphatic heterocycles. The van der Waals surface area contributed by atoms with Crippen LogP contribution < -0.4 is 5.32 Å². The van der Waals surface area contributed by atoms with Crippen molar-refractivity contribution in [1.29, 1.82) is 0 Å². The maximum Gasteiger partial charge on any atom is 0.123 e. The first-order valence-corrected chi connectivity index (χ1v) is 6.32. The molecule has 1 unspecified atom stereocenters. The van der Waals surface area contributed by atoms with Gasteiger partial charge in [-0.25, -0.2) is 4.39 Å². The van der Waals surface area contributed by atoms with Crippen LogP contribution in [0.25, 0.3) is 0 Å². The predicted molar refractivity (Wildman–Crippen MR) is 74.1 cm³/mol. The van der Waals surface area contributed by atoms with Gasteiger partial charge in [-0.3, -0.25) is 4.90 Å². The van der Waals surface area contributed by atoms with E-state index in [4.69, 9.17) is 0 Å². The van der Waals surface area contributed by atoms with Crippen LogP contribution in [0, 0.1) is 5.82 Å². The Bertz CT molecular complexity index is 376. The quantitative estimate of drug-likeness (QED) is 0.920. The van der Waals surface area contributed by atoms with Crippen molar-refractivity contribution in [3.8, 4) is 0 Å². The number of rotatable bonds is 3. The zero-order valence-electron chi connectivity index (χ0n) is 9.75. The third kappa shape index (κ3) is 3.91. The van der Waals surface area contributed by atoms with E-state index in [2.05, 4.69) is 26.1 Å². The molecule has 96 valence electrons. The van der Waals surface area contributed by atoms with Crippen LogP contribution in [-0.4, -0.2) is 31.1 Å². The van der Waals surface area contributed by atoms with Crippen LogP contribution in [0.1, 0.15) is 12.0 Å². The fourth-order valence-electron chi connectivity index (χ4n) is 2.12. The molecule has 1 atom stereocenters. The lowest BCUT2D eigenvalue weighted by Crippen LogP contribution is -2.29. The molecular weight excluding hydrogens is 307 g/mol. The molecule has 0 radical (unpaired) electrons. The highest BCUT2D eigenvalue weighted by atomic mass is 79.9. The van der Waals surface area contributed by atoms with Crippen LogP contribution in [0.3, 0.4) is 0 Å². The zero-order valence-corrected chi connectivity index (χ0v) is 12.2. The van der Waals surface area contributed by atoms with E-state index in [1.807, 2.05) is 7.05 Å². The van der Waals surface area contributed by atoms with Gasteiger partial charge in [0.2, 0.25) is 0 Å². The second kappa shape index (κ2) is 6.69. The Labute approximate surface area is 116 Å². The number of nitrogens with one attached hydrogen (secondary N) is 1. The number of likely N-dealkylation sites (tertiary alicyclic amines) is 1. The van der Waals surface area contributed by atoms with E-state index >= 15 is 0 Å². The molecule has 1 fully saturated rings. The number of benzene rings is 1. The van der Waals surface area contributed by atoms with Gasteiger partial charge in [-0.15, -0.1) is 12.4 Å². The van der Waals surface area contributed by atoms with E-state index in [9.17, 15) is 4.39 Å². The van der Waals surface area contributed by atoms with Crippen molar-refractivity contribution in [3.05, 3.63) is 34.1 Å². The summed E-state index contributed by atoms with van der Waals surface area (Å²) >= 11 is 3.46. The smallest absolute Gasteiger partial charge is 0.123 e. The summed E-state index contributed by atoms with van der Waals surface area (Å²) in [5.74, 6) is -0.164. The molecule has 0 bridgehead atoms. The van der Waals surface area contributed by atoms with Gasteiger partial charge in [0.1, 0.15) is 5.82 Å². The van der Waals surface area contributed by atoms with E-state index in [1.54, 1.807) is 12.1 Å². The Hall–Kier alpha value is -0.160. The van der Waals surface area contributed by atoms with Crippen molar-refractivity contribution in [1.82, 2.24) is 10.2 Å². The average molecular weight is 324 g/mol. The van der Waals surface area contributed by atoms with Gasteiger partial charge >= 0.3 is 0 Å². The third-order valence-corrected chi connectivity index (χ3v) is 3.86. The molecule has 1 N–H and O–H groups in total. The largest absolute Gasteiger partial charge is 0.316 e. The predicted octanol–water partition coefficient (Wildman–Crippen LogP) is 2.80. The lowest BCUT2D eigenvalue weighted by Gasteiger charge is -2.16. The van der Waals surface area contributed by atoms with Gasteiger partial charge in [0.15, 0.2) is 0 Å². The van der Waals surface area contributed by atoms with E-state index in [1.165, 1.54) is 12.5 Å². The summed E-state index contributed by atoms with van der Waals surface area (Å²) in [5, 5.41) is 3.28. The van der Waals surface area contributed by atoms with Gasteiger partial charge in [-0.05, 0) is 37.2 Å². The summed E-state index contributed by atoms with van der Waals surface area (Å²) < 4.78 is 14.1. The fourth-order valence-corrected chi connectivity index (χ4v) is 2.49. The highest BCUT2D eigenvalue weighted by Crippen LogP contribution is 2.21. The summed E-state index contributed by atoms with van der Waals surface area (Å²) in [6.07, 6.45) is 1.17. The minimum Gasteiger partial charge on any atom is -0.316 e. The molecule has 0 aliphatic carbocycles. The van der Waals surface area contributed by atoms with Crippen LogP contribution in [0.5, 0.6) is 0 Å². The summed E-state index contributed by atoms with van der Waals surface area (Å²) in [5.41, 5.74) is 1.02.